The van der Waals surface area contributed by atoms with Gasteiger partial charge in [0, 0.05) is 0 Å². The predicted molar refractivity (Wildman–Crippen MR) is 54.2 cm³/mol. The van der Waals surface area contributed by atoms with Gasteiger partial charge in [0.25, 0.3) is 0 Å². The summed E-state index contributed by atoms with van der Waals surface area (Å²) in [6.45, 7) is 9.25. The second kappa shape index (κ2) is 2.82. The minimum absolute atomic E-state index is 1.06. The third-order valence-electron chi connectivity index (χ3n) is 1.92. The number of hydrogen-bond acceptors (Lipinski definition) is 0. The van der Waals surface area contributed by atoms with E-state index in [1.807, 2.05) is 0 Å². The van der Waals surface area contributed by atoms with Gasteiger partial charge in [0.15, 0.2) is 0 Å². The number of hydrogen-bond donors (Lipinski definition) is 0. The van der Waals surface area contributed by atoms with E-state index in [0.29, 0.717) is 0 Å². The maximum Gasteiger partial charge on any atom is 0.0775 e. The Kier molecular flexibility index (Phi) is 2.19. The largest absolute Gasteiger partial charge is 0.0775 e. The van der Waals surface area contributed by atoms with Crippen LogP contribution < -0.4 is 5.19 Å². The Hall–Kier alpha value is -0.563. The molecule has 0 saturated carbocycles. The average molecular weight is 164 g/mol. The van der Waals surface area contributed by atoms with Crippen LogP contribution in [0, 0.1) is 6.92 Å². The molecule has 0 aliphatic rings. The van der Waals surface area contributed by atoms with Gasteiger partial charge in [-0.15, -0.1) is 0 Å². The minimum atomic E-state index is -1.06. The number of rotatable bonds is 1. The molecular weight excluding hydrogens is 148 g/mol. The Balaban J connectivity index is 2.99. The minimum Gasteiger partial charge on any atom is -0.0656 e. The lowest BCUT2D eigenvalue weighted by molar-refractivity contribution is 1.48. The van der Waals surface area contributed by atoms with Crippen molar-refractivity contribution in [1.82, 2.24) is 0 Å². The Morgan fingerprint density at radius 2 is 1.36 bits per heavy atom. The van der Waals surface area contributed by atoms with E-state index in [1.54, 1.807) is 5.19 Å². The summed E-state index contributed by atoms with van der Waals surface area (Å²) in [6.07, 6.45) is 0. The molecule has 0 aliphatic heterocycles. The van der Waals surface area contributed by atoms with Gasteiger partial charge in [-0.2, -0.15) is 0 Å². The maximum atomic E-state index is 2.37. The normalized spacial score (nSPS) is 11.6. The van der Waals surface area contributed by atoms with Gasteiger partial charge in [-0.25, -0.2) is 0 Å². The van der Waals surface area contributed by atoms with Gasteiger partial charge in [0.1, 0.15) is 0 Å². The second-order valence-electron chi connectivity index (χ2n) is 4.12. The molecule has 1 rings (SSSR count). The molecule has 0 spiro atoms. The summed E-state index contributed by atoms with van der Waals surface area (Å²) >= 11 is 0. The first-order chi connectivity index (χ1) is 5.00. The van der Waals surface area contributed by atoms with Gasteiger partial charge in [-0.3, -0.25) is 0 Å². The fourth-order valence-electron chi connectivity index (χ4n) is 1.05. The summed E-state index contributed by atoms with van der Waals surface area (Å²) in [5.74, 6) is 0. The molecule has 0 amide bonds. The fourth-order valence-corrected chi connectivity index (χ4v) is 2.22. The molecular formula is C10H16Si. The van der Waals surface area contributed by atoms with Gasteiger partial charge < -0.3 is 0 Å². The molecule has 0 aromatic heterocycles. The molecule has 0 unspecified atom stereocenters. The molecule has 0 bridgehead atoms. The van der Waals surface area contributed by atoms with Crippen molar-refractivity contribution in [3.63, 3.8) is 0 Å². The first-order valence-corrected chi connectivity index (χ1v) is 7.57. The van der Waals surface area contributed by atoms with Crippen LogP contribution in [0.1, 0.15) is 5.56 Å². The lowest BCUT2D eigenvalue weighted by Crippen LogP contribution is -2.37. The average Bonchev–Trinajstić information content (AvgIpc) is 1.86. The first kappa shape index (κ1) is 8.53. The molecule has 0 saturated heterocycles. The standard InChI is InChI=1S/C10H16Si/c1-9-5-7-10(8-6-9)11(2,3)4/h5-8H,1-4H3. The van der Waals surface area contributed by atoms with Crippen molar-refractivity contribution in [2.45, 2.75) is 26.6 Å². The van der Waals surface area contributed by atoms with Crippen molar-refractivity contribution >= 4 is 13.3 Å². The lowest BCUT2D eigenvalue weighted by Gasteiger charge is -2.16. The monoisotopic (exact) mass is 164 g/mol. The van der Waals surface area contributed by atoms with Crippen LogP contribution in [-0.4, -0.2) is 8.07 Å². The van der Waals surface area contributed by atoms with Crippen LogP contribution in [0.15, 0.2) is 24.3 Å². The van der Waals surface area contributed by atoms with Crippen LogP contribution in [0.25, 0.3) is 0 Å². The van der Waals surface area contributed by atoms with E-state index in [1.165, 1.54) is 5.56 Å². The SMILES string of the molecule is Cc1ccc([Si](C)(C)C)cc1. The van der Waals surface area contributed by atoms with E-state index in [-0.39, 0.29) is 0 Å². The summed E-state index contributed by atoms with van der Waals surface area (Å²) in [6, 6.07) is 8.93. The molecule has 60 valence electrons. The highest BCUT2D eigenvalue weighted by Crippen LogP contribution is 2.03. The molecule has 0 aliphatic carbocycles. The van der Waals surface area contributed by atoms with E-state index >= 15 is 0 Å². The number of aryl methyl sites for hydroxylation is 1. The van der Waals surface area contributed by atoms with Crippen LogP contribution in [0.3, 0.4) is 0 Å². The highest BCUT2D eigenvalue weighted by molar-refractivity contribution is 6.88. The van der Waals surface area contributed by atoms with Gasteiger partial charge in [0.05, 0.1) is 8.07 Å². The van der Waals surface area contributed by atoms with Crippen molar-refractivity contribution in [2.75, 3.05) is 0 Å². The molecule has 0 atom stereocenters. The molecule has 0 fully saturated rings. The highest BCUT2D eigenvalue weighted by Gasteiger charge is 2.14. The van der Waals surface area contributed by atoms with E-state index in [9.17, 15) is 0 Å². The Morgan fingerprint density at radius 3 is 1.73 bits per heavy atom. The third-order valence-corrected chi connectivity index (χ3v) is 3.98. The molecule has 11 heavy (non-hydrogen) atoms. The molecule has 0 N–H and O–H groups in total. The van der Waals surface area contributed by atoms with Crippen molar-refractivity contribution in [3.05, 3.63) is 29.8 Å². The summed E-state index contributed by atoms with van der Waals surface area (Å²) in [5, 5.41) is 1.54. The van der Waals surface area contributed by atoms with Gasteiger partial charge in [0.2, 0.25) is 0 Å². The van der Waals surface area contributed by atoms with Crippen molar-refractivity contribution < 1.29 is 0 Å². The molecule has 1 heteroatoms. The topological polar surface area (TPSA) is 0 Å². The van der Waals surface area contributed by atoms with Crippen LogP contribution in [0.2, 0.25) is 19.6 Å². The predicted octanol–water partition coefficient (Wildman–Crippen LogP) is 2.54. The van der Waals surface area contributed by atoms with E-state index in [0.717, 1.165) is 0 Å². The Bertz CT molecular complexity index is 228. The first-order valence-electron chi connectivity index (χ1n) is 4.07. The van der Waals surface area contributed by atoms with E-state index in [2.05, 4.69) is 50.8 Å². The van der Waals surface area contributed by atoms with E-state index < -0.39 is 8.07 Å². The quantitative estimate of drug-likeness (QED) is 0.560. The highest BCUT2D eigenvalue weighted by atomic mass is 28.3. The Labute approximate surface area is 70.3 Å². The lowest BCUT2D eigenvalue weighted by atomic mass is 10.2. The van der Waals surface area contributed by atoms with Gasteiger partial charge >= 0.3 is 0 Å². The van der Waals surface area contributed by atoms with Crippen molar-refractivity contribution in [3.8, 4) is 0 Å². The van der Waals surface area contributed by atoms with Crippen LogP contribution in [0.5, 0.6) is 0 Å². The fraction of sp³-hybridized carbons (Fsp3) is 0.400. The second-order valence-corrected chi connectivity index (χ2v) is 9.19. The summed E-state index contributed by atoms with van der Waals surface area (Å²) in [5.41, 5.74) is 1.35. The molecule has 0 heterocycles. The van der Waals surface area contributed by atoms with Crippen LogP contribution in [-0.2, 0) is 0 Å². The molecule has 0 nitrogen and oxygen atoms in total. The molecule has 1 aromatic rings. The smallest absolute Gasteiger partial charge is 0.0656 e. The zero-order valence-electron chi connectivity index (χ0n) is 7.81. The maximum absolute atomic E-state index is 2.37. The molecule has 0 radical (unpaired) electrons. The van der Waals surface area contributed by atoms with Gasteiger partial charge in [-0.05, 0) is 6.92 Å². The van der Waals surface area contributed by atoms with Crippen LogP contribution >= 0.6 is 0 Å². The van der Waals surface area contributed by atoms with E-state index in [4.69, 9.17) is 0 Å². The third kappa shape index (κ3) is 2.19. The molecule has 1 aromatic carbocycles. The summed E-state index contributed by atoms with van der Waals surface area (Å²) in [4.78, 5) is 0. The summed E-state index contributed by atoms with van der Waals surface area (Å²) < 4.78 is 0. The zero-order valence-corrected chi connectivity index (χ0v) is 8.81. The number of benzene rings is 1. The zero-order chi connectivity index (χ0) is 8.48. The van der Waals surface area contributed by atoms with Crippen molar-refractivity contribution in [2.24, 2.45) is 0 Å². The van der Waals surface area contributed by atoms with Gasteiger partial charge in [-0.1, -0.05) is 54.7 Å². The van der Waals surface area contributed by atoms with Crippen molar-refractivity contribution in [1.29, 1.82) is 0 Å². The Morgan fingerprint density at radius 1 is 0.909 bits per heavy atom. The summed E-state index contributed by atoms with van der Waals surface area (Å²) in [7, 11) is -1.06. The van der Waals surface area contributed by atoms with Crippen LogP contribution in [0.4, 0.5) is 0 Å².